The molecule has 0 aliphatic heterocycles. The Morgan fingerprint density at radius 1 is 0.970 bits per heavy atom. The average molecular weight is 490 g/mol. The van der Waals surface area contributed by atoms with Gasteiger partial charge in [0, 0.05) is 6.21 Å². The smallest absolute Gasteiger partial charge is 0.276 e. The van der Waals surface area contributed by atoms with Crippen molar-refractivity contribution in [2.24, 2.45) is 5.10 Å². The van der Waals surface area contributed by atoms with Gasteiger partial charge in [0.1, 0.15) is 6.61 Å². The summed E-state index contributed by atoms with van der Waals surface area (Å²) in [7, 11) is -7.75. The Hall–Kier alpha value is -2.97. The summed E-state index contributed by atoms with van der Waals surface area (Å²) in [4.78, 5) is 2.25. The second kappa shape index (κ2) is 12.3. The molecule has 0 aliphatic rings. The van der Waals surface area contributed by atoms with Crippen molar-refractivity contribution >= 4 is 26.3 Å². The highest BCUT2D eigenvalue weighted by molar-refractivity contribution is 7.89. The first-order chi connectivity index (χ1) is 15.7. The third-order valence-corrected chi connectivity index (χ3v) is 7.39. The molecule has 0 fully saturated rings. The molecule has 1 N–H and O–H groups in total. The summed E-state index contributed by atoms with van der Waals surface area (Å²) in [6, 6.07) is 12.7. The Kier molecular flexibility index (Phi) is 9.81. The van der Waals surface area contributed by atoms with E-state index in [4.69, 9.17) is 4.74 Å². The van der Waals surface area contributed by atoms with Crippen molar-refractivity contribution in [2.75, 3.05) is 26.3 Å². The normalized spacial score (nSPS) is 11.8. The lowest BCUT2D eigenvalue weighted by Crippen LogP contribution is -2.33. The molecule has 0 unspecified atom stereocenters. The molecule has 0 radical (unpaired) electrons. The molecular formula is C23H27N3O5S2. The maximum absolute atomic E-state index is 13.1. The van der Waals surface area contributed by atoms with Crippen molar-refractivity contribution in [3.05, 3.63) is 72.3 Å². The average Bonchev–Trinajstić information content (AvgIpc) is 2.78. The van der Waals surface area contributed by atoms with Gasteiger partial charge in [-0.25, -0.2) is 13.2 Å². The maximum atomic E-state index is 13.1. The first-order valence-electron chi connectivity index (χ1n) is 9.98. The molecule has 2 rings (SSSR count). The molecule has 10 heteroatoms. The van der Waals surface area contributed by atoms with Crippen LogP contribution in [-0.4, -0.2) is 53.7 Å². The Morgan fingerprint density at radius 3 is 2.12 bits per heavy atom. The lowest BCUT2D eigenvalue weighted by molar-refractivity contribution is 0.199. The monoisotopic (exact) mass is 489 g/mol. The van der Waals surface area contributed by atoms with Crippen molar-refractivity contribution in [1.29, 1.82) is 0 Å². The topological polar surface area (TPSA) is 105 Å². The van der Waals surface area contributed by atoms with Crippen LogP contribution in [0.4, 0.5) is 0 Å². The minimum absolute atomic E-state index is 0.0553. The van der Waals surface area contributed by atoms with Gasteiger partial charge in [-0.05, 0) is 38.1 Å². The largest absolute Gasteiger partial charge is 0.365 e. The van der Waals surface area contributed by atoms with Gasteiger partial charge in [0.2, 0.25) is 10.0 Å². The molecule has 0 aromatic heterocycles. The quantitative estimate of drug-likeness (QED) is 0.172. The van der Waals surface area contributed by atoms with Crippen LogP contribution in [0.3, 0.4) is 0 Å². The third kappa shape index (κ3) is 8.14. The van der Waals surface area contributed by atoms with E-state index in [0.29, 0.717) is 6.61 Å². The van der Waals surface area contributed by atoms with Crippen LogP contribution in [0.5, 0.6) is 0 Å². The highest BCUT2D eigenvalue weighted by Gasteiger charge is 2.23. The predicted molar refractivity (Wildman–Crippen MR) is 129 cm³/mol. The molecular weight excluding hydrogens is 462 g/mol. The molecule has 8 nitrogen and oxygen atoms in total. The van der Waals surface area contributed by atoms with Crippen molar-refractivity contribution < 1.29 is 21.6 Å². The number of aryl methyl sites for hydroxylation is 2. The number of nitrogens with zero attached hydrogens (tertiary/aromatic N) is 2. The fourth-order valence-electron chi connectivity index (χ4n) is 2.50. The zero-order valence-electron chi connectivity index (χ0n) is 18.6. The van der Waals surface area contributed by atoms with Crippen molar-refractivity contribution in [3.63, 3.8) is 0 Å². The first-order valence-corrected chi connectivity index (χ1v) is 12.9. The van der Waals surface area contributed by atoms with Crippen molar-refractivity contribution in [1.82, 2.24) is 9.14 Å². The molecule has 0 atom stereocenters. The van der Waals surface area contributed by atoms with Crippen LogP contribution in [0.25, 0.3) is 0 Å². The highest BCUT2D eigenvalue weighted by Crippen LogP contribution is 2.16. The van der Waals surface area contributed by atoms with Gasteiger partial charge in [-0.3, -0.25) is 0 Å². The van der Waals surface area contributed by atoms with E-state index < -0.39 is 20.0 Å². The lowest BCUT2D eigenvalue weighted by atomic mass is 10.2. The SMILES string of the molecule is C=CCOCC#CCN(C/C=N/NS(=O)(=O)c1ccc(C)cc1)S(=O)(=O)c1ccc(C)cc1. The van der Waals surface area contributed by atoms with Crippen LogP contribution < -0.4 is 4.83 Å². The van der Waals surface area contributed by atoms with Gasteiger partial charge in [-0.15, -0.1) is 6.58 Å². The van der Waals surface area contributed by atoms with E-state index in [0.717, 1.165) is 15.4 Å². The zero-order valence-corrected chi connectivity index (χ0v) is 20.2. The molecule has 0 spiro atoms. The number of benzene rings is 2. The van der Waals surface area contributed by atoms with E-state index in [1.165, 1.54) is 30.5 Å². The number of rotatable bonds is 11. The van der Waals surface area contributed by atoms with Crippen LogP contribution in [0.2, 0.25) is 0 Å². The summed E-state index contributed by atoms with van der Waals surface area (Å²) < 4.78 is 57.1. The van der Waals surface area contributed by atoms with E-state index in [2.05, 4.69) is 28.4 Å². The molecule has 176 valence electrons. The van der Waals surface area contributed by atoms with E-state index in [1.807, 2.05) is 13.8 Å². The summed E-state index contributed by atoms with van der Waals surface area (Å²) in [5, 5.41) is 3.72. The Labute approximate surface area is 196 Å². The van der Waals surface area contributed by atoms with Gasteiger partial charge in [0.25, 0.3) is 10.0 Å². The molecule has 0 saturated heterocycles. The van der Waals surface area contributed by atoms with Crippen LogP contribution in [-0.2, 0) is 24.8 Å². The van der Waals surface area contributed by atoms with Gasteiger partial charge in [0.05, 0.1) is 29.5 Å². The van der Waals surface area contributed by atoms with Gasteiger partial charge in [-0.2, -0.15) is 17.8 Å². The predicted octanol–water partition coefficient (Wildman–Crippen LogP) is 2.46. The number of hydrogen-bond donors (Lipinski definition) is 1. The highest BCUT2D eigenvalue weighted by atomic mass is 32.2. The lowest BCUT2D eigenvalue weighted by Gasteiger charge is -2.18. The van der Waals surface area contributed by atoms with E-state index in [9.17, 15) is 16.8 Å². The van der Waals surface area contributed by atoms with Crippen molar-refractivity contribution in [2.45, 2.75) is 23.6 Å². The molecule has 0 heterocycles. The summed E-state index contributed by atoms with van der Waals surface area (Å²) >= 11 is 0. The number of nitrogens with one attached hydrogen (secondary N) is 1. The molecule has 0 saturated carbocycles. The Morgan fingerprint density at radius 2 is 1.55 bits per heavy atom. The van der Waals surface area contributed by atoms with Crippen LogP contribution in [0, 0.1) is 25.7 Å². The molecule has 0 amide bonds. The van der Waals surface area contributed by atoms with E-state index in [1.54, 1.807) is 30.3 Å². The maximum Gasteiger partial charge on any atom is 0.276 e. The van der Waals surface area contributed by atoms with Gasteiger partial charge in [-0.1, -0.05) is 53.3 Å². The van der Waals surface area contributed by atoms with E-state index in [-0.39, 0.29) is 29.5 Å². The summed E-state index contributed by atoms with van der Waals surface area (Å²) in [6.45, 7) is 7.41. The summed E-state index contributed by atoms with van der Waals surface area (Å²) in [5.74, 6) is 5.50. The number of ether oxygens (including phenoxy) is 1. The van der Waals surface area contributed by atoms with Gasteiger partial charge < -0.3 is 4.74 Å². The number of hydrazone groups is 1. The minimum atomic E-state index is -3.88. The standard InChI is InChI=1S/C23H27N3O5S2/c1-4-18-31-19-6-5-16-26(33(29,30)23-13-9-21(3)10-14-23)17-15-24-25-32(27,28)22-11-7-20(2)8-12-22/h4,7-15,25H,1,16-19H2,2-3H3/b24-15+. The third-order valence-electron chi connectivity index (χ3n) is 4.33. The first kappa shape index (κ1) is 26.3. The fraction of sp³-hybridized carbons (Fsp3) is 0.261. The molecule has 33 heavy (non-hydrogen) atoms. The van der Waals surface area contributed by atoms with Crippen molar-refractivity contribution in [3.8, 4) is 11.8 Å². The summed E-state index contributed by atoms with van der Waals surface area (Å²) in [5.41, 5.74) is 1.84. The molecule has 2 aromatic rings. The molecule has 0 bridgehead atoms. The second-order valence-electron chi connectivity index (χ2n) is 6.99. The minimum Gasteiger partial charge on any atom is -0.365 e. The van der Waals surface area contributed by atoms with E-state index >= 15 is 0 Å². The van der Waals surface area contributed by atoms with Gasteiger partial charge >= 0.3 is 0 Å². The zero-order chi connectivity index (χ0) is 24.3. The molecule has 0 aliphatic carbocycles. The van der Waals surface area contributed by atoms with Gasteiger partial charge in [0.15, 0.2) is 0 Å². The summed E-state index contributed by atoms with van der Waals surface area (Å²) in [6.07, 6.45) is 2.76. The Balaban J connectivity index is 2.14. The fourth-order valence-corrected chi connectivity index (χ4v) is 4.59. The Bertz CT molecular complexity index is 1230. The van der Waals surface area contributed by atoms with Crippen LogP contribution in [0.15, 0.2) is 76.1 Å². The number of hydrogen-bond acceptors (Lipinski definition) is 6. The molecule has 2 aromatic carbocycles. The number of sulfonamides is 2. The van der Waals surface area contributed by atoms with Crippen LogP contribution in [0.1, 0.15) is 11.1 Å². The second-order valence-corrected chi connectivity index (χ2v) is 10.6. The van der Waals surface area contributed by atoms with Crippen LogP contribution >= 0.6 is 0 Å².